The summed E-state index contributed by atoms with van der Waals surface area (Å²) in [7, 11) is 0. The Balaban J connectivity index is 2.26. The molecule has 0 radical (unpaired) electrons. The Morgan fingerprint density at radius 3 is 2.53 bits per heavy atom. The van der Waals surface area contributed by atoms with Crippen LogP contribution in [0, 0.1) is 6.92 Å². The Kier molecular flexibility index (Phi) is 3.25. The maximum absolute atomic E-state index is 2.39. The Hall–Kier alpha value is -1.82. The van der Waals surface area contributed by atoms with Crippen molar-refractivity contribution in [2.45, 2.75) is 33.1 Å². The highest BCUT2D eigenvalue weighted by Crippen LogP contribution is 2.29. The quantitative estimate of drug-likeness (QED) is 0.526. The van der Waals surface area contributed by atoms with Crippen molar-refractivity contribution < 1.29 is 0 Å². The van der Waals surface area contributed by atoms with Crippen molar-refractivity contribution in [1.29, 1.82) is 0 Å². The number of hydrogen-bond acceptors (Lipinski definition) is 0. The molecule has 0 bridgehead atoms. The van der Waals surface area contributed by atoms with Crippen LogP contribution in [0.1, 0.15) is 30.9 Å². The summed E-state index contributed by atoms with van der Waals surface area (Å²) >= 11 is 0. The number of rotatable bonds is 3. The monoisotopic (exact) mass is 248 g/mol. The Bertz CT molecular complexity index is 723. The smallest absolute Gasteiger partial charge is 0.00760 e. The van der Waals surface area contributed by atoms with Crippen LogP contribution in [0.5, 0.6) is 0 Å². The highest BCUT2D eigenvalue weighted by Gasteiger charge is 2.04. The zero-order valence-electron chi connectivity index (χ0n) is 11.7. The van der Waals surface area contributed by atoms with Crippen molar-refractivity contribution in [3.05, 3.63) is 59.7 Å². The summed E-state index contributed by atoms with van der Waals surface area (Å²) < 4.78 is 0. The third-order valence-corrected chi connectivity index (χ3v) is 3.95. The average Bonchev–Trinajstić information content (AvgIpc) is 2.44. The Morgan fingerprint density at radius 2 is 1.68 bits per heavy atom. The molecular formula is C19H20. The number of benzene rings is 3. The fourth-order valence-electron chi connectivity index (χ4n) is 2.88. The van der Waals surface area contributed by atoms with Crippen LogP contribution in [-0.4, -0.2) is 0 Å². The minimum atomic E-state index is 1.19. The molecule has 3 aromatic rings. The number of fused-ring (bicyclic) bond motifs is 3. The summed E-state index contributed by atoms with van der Waals surface area (Å²) in [5, 5.41) is 5.52. The van der Waals surface area contributed by atoms with E-state index in [1.54, 1.807) is 0 Å². The van der Waals surface area contributed by atoms with E-state index in [-0.39, 0.29) is 0 Å². The van der Waals surface area contributed by atoms with Gasteiger partial charge in [-0.15, -0.1) is 0 Å². The zero-order valence-corrected chi connectivity index (χ0v) is 11.7. The van der Waals surface area contributed by atoms with Gasteiger partial charge in [0.15, 0.2) is 0 Å². The average molecular weight is 248 g/mol. The van der Waals surface area contributed by atoms with Crippen molar-refractivity contribution >= 4 is 21.5 Å². The minimum absolute atomic E-state index is 1.19. The Labute approximate surface area is 115 Å². The summed E-state index contributed by atoms with van der Waals surface area (Å²) in [4.78, 5) is 0. The van der Waals surface area contributed by atoms with Crippen LogP contribution in [0.2, 0.25) is 0 Å². The van der Waals surface area contributed by atoms with Gasteiger partial charge < -0.3 is 0 Å². The van der Waals surface area contributed by atoms with Crippen LogP contribution in [0.15, 0.2) is 48.5 Å². The van der Waals surface area contributed by atoms with Gasteiger partial charge in [-0.1, -0.05) is 61.9 Å². The molecule has 0 atom stereocenters. The van der Waals surface area contributed by atoms with Gasteiger partial charge in [-0.05, 0) is 52.4 Å². The van der Waals surface area contributed by atoms with Crippen molar-refractivity contribution in [1.82, 2.24) is 0 Å². The predicted molar refractivity (Wildman–Crippen MR) is 84.8 cm³/mol. The second-order valence-corrected chi connectivity index (χ2v) is 5.40. The zero-order chi connectivity index (χ0) is 13.2. The van der Waals surface area contributed by atoms with E-state index in [0.29, 0.717) is 0 Å². The maximum Gasteiger partial charge on any atom is -0.00760 e. The first-order valence-corrected chi connectivity index (χ1v) is 7.20. The summed E-state index contributed by atoms with van der Waals surface area (Å²) in [5.74, 6) is 0. The first-order valence-electron chi connectivity index (χ1n) is 7.20. The molecule has 0 nitrogen and oxygen atoms in total. The van der Waals surface area contributed by atoms with Crippen LogP contribution in [0.25, 0.3) is 21.5 Å². The number of unbranched alkanes of at least 4 members (excludes halogenated alkanes) is 1. The molecule has 3 rings (SSSR count). The van der Waals surface area contributed by atoms with E-state index in [0.717, 1.165) is 0 Å². The lowest BCUT2D eigenvalue weighted by Gasteiger charge is -2.09. The largest absolute Gasteiger partial charge is 0.0654 e. The lowest BCUT2D eigenvalue weighted by Crippen LogP contribution is -1.87. The van der Waals surface area contributed by atoms with Gasteiger partial charge in [0.05, 0.1) is 0 Å². The van der Waals surface area contributed by atoms with Gasteiger partial charge >= 0.3 is 0 Å². The van der Waals surface area contributed by atoms with Crippen molar-refractivity contribution in [2.24, 2.45) is 0 Å². The third-order valence-electron chi connectivity index (χ3n) is 3.95. The van der Waals surface area contributed by atoms with E-state index in [4.69, 9.17) is 0 Å². The lowest BCUT2D eigenvalue weighted by atomic mass is 9.96. The standard InChI is InChI=1S/C19H20/c1-3-4-7-15-9-10-16-11-12-17-8-5-6-14(2)19(17)18(16)13-15/h5-6,8-13H,3-4,7H2,1-2H3. The van der Waals surface area contributed by atoms with E-state index in [1.807, 2.05) is 0 Å². The first-order chi connectivity index (χ1) is 9.29. The second-order valence-electron chi connectivity index (χ2n) is 5.40. The van der Waals surface area contributed by atoms with E-state index in [9.17, 15) is 0 Å². The van der Waals surface area contributed by atoms with Gasteiger partial charge in [0, 0.05) is 0 Å². The first kappa shape index (κ1) is 12.2. The van der Waals surface area contributed by atoms with Gasteiger partial charge in [-0.25, -0.2) is 0 Å². The molecule has 0 saturated heterocycles. The van der Waals surface area contributed by atoms with Gasteiger partial charge in [-0.2, -0.15) is 0 Å². The van der Waals surface area contributed by atoms with E-state index < -0.39 is 0 Å². The molecule has 19 heavy (non-hydrogen) atoms. The summed E-state index contributed by atoms with van der Waals surface area (Å²) in [6, 6.07) is 18.0. The fourth-order valence-corrected chi connectivity index (χ4v) is 2.88. The van der Waals surface area contributed by atoms with Crippen molar-refractivity contribution in [2.75, 3.05) is 0 Å². The fraction of sp³-hybridized carbons (Fsp3) is 0.263. The molecule has 0 amide bonds. The van der Waals surface area contributed by atoms with Gasteiger partial charge in [-0.3, -0.25) is 0 Å². The minimum Gasteiger partial charge on any atom is -0.0654 e. The van der Waals surface area contributed by atoms with Crippen LogP contribution in [0.4, 0.5) is 0 Å². The molecule has 0 aliphatic rings. The van der Waals surface area contributed by atoms with Crippen molar-refractivity contribution in [3.63, 3.8) is 0 Å². The van der Waals surface area contributed by atoms with Crippen LogP contribution < -0.4 is 0 Å². The molecule has 0 heterocycles. The lowest BCUT2D eigenvalue weighted by molar-refractivity contribution is 0.796. The molecule has 0 heteroatoms. The van der Waals surface area contributed by atoms with Gasteiger partial charge in [0.1, 0.15) is 0 Å². The summed E-state index contributed by atoms with van der Waals surface area (Å²) in [6.45, 7) is 4.46. The van der Waals surface area contributed by atoms with Crippen LogP contribution >= 0.6 is 0 Å². The molecule has 0 aliphatic heterocycles. The maximum atomic E-state index is 2.39. The van der Waals surface area contributed by atoms with E-state index in [1.165, 1.54) is 51.9 Å². The highest BCUT2D eigenvalue weighted by molar-refractivity contribution is 6.09. The molecule has 0 spiro atoms. The van der Waals surface area contributed by atoms with Gasteiger partial charge in [0.2, 0.25) is 0 Å². The topological polar surface area (TPSA) is 0 Å². The number of hydrogen-bond donors (Lipinski definition) is 0. The number of aryl methyl sites for hydroxylation is 2. The molecule has 0 unspecified atom stereocenters. The molecule has 0 aromatic heterocycles. The van der Waals surface area contributed by atoms with E-state index in [2.05, 4.69) is 62.4 Å². The highest BCUT2D eigenvalue weighted by atomic mass is 14.1. The summed E-state index contributed by atoms with van der Waals surface area (Å²) in [5.41, 5.74) is 2.83. The Morgan fingerprint density at radius 1 is 0.895 bits per heavy atom. The molecule has 0 N–H and O–H groups in total. The SMILES string of the molecule is CCCCc1ccc2ccc3cccc(C)c3c2c1. The van der Waals surface area contributed by atoms with Crippen molar-refractivity contribution in [3.8, 4) is 0 Å². The predicted octanol–water partition coefficient (Wildman–Crippen LogP) is 5.64. The molecule has 0 fully saturated rings. The molecule has 96 valence electrons. The molecular weight excluding hydrogens is 228 g/mol. The second kappa shape index (κ2) is 5.05. The summed E-state index contributed by atoms with van der Waals surface area (Å²) in [6.07, 6.45) is 3.72. The van der Waals surface area contributed by atoms with E-state index >= 15 is 0 Å². The van der Waals surface area contributed by atoms with Gasteiger partial charge in [0.25, 0.3) is 0 Å². The molecule has 0 saturated carbocycles. The van der Waals surface area contributed by atoms with Crippen LogP contribution in [-0.2, 0) is 6.42 Å². The normalized spacial score (nSPS) is 11.3. The molecule has 0 aliphatic carbocycles. The molecule has 3 aromatic carbocycles. The van der Waals surface area contributed by atoms with Crippen LogP contribution in [0.3, 0.4) is 0 Å². The third kappa shape index (κ3) is 2.23.